The van der Waals surface area contributed by atoms with Crippen molar-refractivity contribution in [3.63, 3.8) is 0 Å². The summed E-state index contributed by atoms with van der Waals surface area (Å²) in [6.07, 6.45) is 1.54. The molecule has 0 aliphatic carbocycles. The van der Waals surface area contributed by atoms with Crippen LogP contribution in [0.25, 0.3) is 11.2 Å². The molecule has 0 bridgehead atoms. The third kappa shape index (κ3) is 2.35. The van der Waals surface area contributed by atoms with Gasteiger partial charge >= 0.3 is 5.97 Å². The quantitative estimate of drug-likeness (QED) is 0.829. The number of hydrogen-bond acceptors (Lipinski definition) is 4. The van der Waals surface area contributed by atoms with E-state index in [9.17, 15) is 4.79 Å². The third-order valence-corrected chi connectivity index (χ3v) is 1.97. The van der Waals surface area contributed by atoms with Gasteiger partial charge in [0.05, 0.1) is 0 Å². The van der Waals surface area contributed by atoms with Crippen LogP contribution in [0.4, 0.5) is 0 Å². The van der Waals surface area contributed by atoms with Crippen LogP contribution < -0.4 is 4.74 Å². The summed E-state index contributed by atoms with van der Waals surface area (Å²) >= 11 is 0. The smallest absolute Gasteiger partial charge is 0.371 e. The standard InChI is InChI=1S/C11H13N3O3/c1-11(2,3)17-6-4-5-12-8-7(6)13-9(14-8)10(15)16/h4-5H,1-3H3,(H,15,16)(H,12,13,14). The zero-order valence-corrected chi connectivity index (χ0v) is 9.81. The second kappa shape index (κ2) is 3.73. The first-order chi connectivity index (χ1) is 7.87. The van der Waals surface area contributed by atoms with Gasteiger partial charge in [-0.05, 0) is 20.8 Å². The molecular weight excluding hydrogens is 222 g/mol. The van der Waals surface area contributed by atoms with Crippen molar-refractivity contribution in [2.24, 2.45) is 0 Å². The van der Waals surface area contributed by atoms with Crippen LogP contribution in [0.3, 0.4) is 0 Å². The number of carboxylic acid groups (broad SMARTS) is 1. The molecule has 6 nitrogen and oxygen atoms in total. The average molecular weight is 235 g/mol. The van der Waals surface area contributed by atoms with Crippen LogP contribution >= 0.6 is 0 Å². The number of aromatic amines is 1. The molecule has 0 aromatic carbocycles. The van der Waals surface area contributed by atoms with Gasteiger partial charge < -0.3 is 14.8 Å². The predicted molar refractivity (Wildman–Crippen MR) is 61.2 cm³/mol. The lowest BCUT2D eigenvalue weighted by Gasteiger charge is -2.21. The molecule has 2 heterocycles. The van der Waals surface area contributed by atoms with Crippen molar-refractivity contribution in [3.8, 4) is 5.75 Å². The second-order valence-corrected chi connectivity index (χ2v) is 4.61. The van der Waals surface area contributed by atoms with Gasteiger partial charge in [-0.3, -0.25) is 0 Å². The monoisotopic (exact) mass is 235 g/mol. The Morgan fingerprint density at radius 2 is 2.18 bits per heavy atom. The summed E-state index contributed by atoms with van der Waals surface area (Å²) in [5.74, 6) is -0.718. The Labute approximate surface area is 97.7 Å². The summed E-state index contributed by atoms with van der Waals surface area (Å²) in [6.45, 7) is 5.73. The maximum absolute atomic E-state index is 10.8. The van der Waals surface area contributed by atoms with Gasteiger partial charge in [-0.15, -0.1) is 0 Å². The predicted octanol–water partition coefficient (Wildman–Crippen LogP) is 1.83. The van der Waals surface area contributed by atoms with Gasteiger partial charge in [0.15, 0.2) is 5.65 Å². The van der Waals surface area contributed by atoms with E-state index in [0.717, 1.165) is 0 Å². The number of nitrogens with one attached hydrogen (secondary N) is 1. The van der Waals surface area contributed by atoms with Crippen molar-refractivity contribution >= 4 is 17.1 Å². The molecule has 2 rings (SSSR count). The van der Waals surface area contributed by atoms with Gasteiger partial charge in [-0.1, -0.05) is 0 Å². The number of imidazole rings is 1. The van der Waals surface area contributed by atoms with Crippen molar-refractivity contribution in [1.82, 2.24) is 15.0 Å². The van der Waals surface area contributed by atoms with Gasteiger partial charge in [0.1, 0.15) is 16.9 Å². The van der Waals surface area contributed by atoms with Crippen molar-refractivity contribution in [2.75, 3.05) is 0 Å². The highest BCUT2D eigenvalue weighted by molar-refractivity contribution is 5.89. The molecule has 0 fully saturated rings. The average Bonchev–Trinajstić information content (AvgIpc) is 2.60. The van der Waals surface area contributed by atoms with Crippen LogP contribution in [-0.4, -0.2) is 31.6 Å². The molecule has 0 atom stereocenters. The van der Waals surface area contributed by atoms with E-state index in [1.54, 1.807) is 6.07 Å². The van der Waals surface area contributed by atoms with E-state index >= 15 is 0 Å². The van der Waals surface area contributed by atoms with Crippen molar-refractivity contribution in [2.45, 2.75) is 26.4 Å². The molecular formula is C11H13N3O3. The molecule has 0 spiro atoms. The Balaban J connectivity index is 2.53. The van der Waals surface area contributed by atoms with Crippen LogP contribution in [0.15, 0.2) is 12.3 Å². The Kier molecular flexibility index (Phi) is 2.49. The van der Waals surface area contributed by atoms with E-state index in [1.807, 2.05) is 20.8 Å². The normalized spacial score (nSPS) is 11.7. The van der Waals surface area contributed by atoms with Crippen molar-refractivity contribution in [3.05, 3.63) is 18.1 Å². The summed E-state index contributed by atoms with van der Waals surface area (Å²) in [7, 11) is 0. The second-order valence-electron chi connectivity index (χ2n) is 4.61. The van der Waals surface area contributed by atoms with E-state index in [0.29, 0.717) is 16.9 Å². The highest BCUT2D eigenvalue weighted by Gasteiger charge is 2.17. The summed E-state index contributed by atoms with van der Waals surface area (Å²) in [6, 6.07) is 1.68. The Morgan fingerprint density at radius 1 is 1.47 bits per heavy atom. The van der Waals surface area contributed by atoms with Gasteiger partial charge in [0.25, 0.3) is 0 Å². The van der Waals surface area contributed by atoms with Crippen LogP contribution in [0.5, 0.6) is 5.75 Å². The number of carbonyl (C=O) groups is 1. The van der Waals surface area contributed by atoms with E-state index in [-0.39, 0.29) is 11.4 Å². The Morgan fingerprint density at radius 3 is 2.76 bits per heavy atom. The van der Waals surface area contributed by atoms with E-state index in [1.165, 1.54) is 6.20 Å². The molecule has 0 saturated carbocycles. The minimum absolute atomic E-state index is 0.141. The molecule has 0 saturated heterocycles. The molecule has 0 amide bonds. The van der Waals surface area contributed by atoms with Crippen LogP contribution in [0.2, 0.25) is 0 Å². The molecule has 0 radical (unpaired) electrons. The molecule has 2 N–H and O–H groups in total. The zero-order valence-electron chi connectivity index (χ0n) is 9.81. The minimum Gasteiger partial charge on any atom is -0.486 e. The van der Waals surface area contributed by atoms with E-state index < -0.39 is 5.97 Å². The molecule has 0 aliphatic rings. The van der Waals surface area contributed by atoms with Crippen LogP contribution in [-0.2, 0) is 0 Å². The first kappa shape index (κ1) is 11.4. The number of aromatic carboxylic acids is 1. The van der Waals surface area contributed by atoms with Gasteiger partial charge in [0.2, 0.25) is 5.82 Å². The SMILES string of the molecule is CC(C)(C)Oc1ccnc2nc(C(=O)O)[nH]c12. The van der Waals surface area contributed by atoms with Crippen LogP contribution in [0, 0.1) is 0 Å². The fourth-order valence-corrected chi connectivity index (χ4v) is 1.40. The lowest BCUT2D eigenvalue weighted by molar-refractivity contribution is 0.0685. The fourth-order valence-electron chi connectivity index (χ4n) is 1.40. The topological polar surface area (TPSA) is 88.1 Å². The number of fused-ring (bicyclic) bond motifs is 1. The van der Waals surface area contributed by atoms with Gasteiger partial charge in [-0.25, -0.2) is 14.8 Å². The fraction of sp³-hybridized carbons (Fsp3) is 0.364. The molecule has 0 unspecified atom stereocenters. The highest BCUT2D eigenvalue weighted by Crippen LogP contribution is 2.25. The summed E-state index contributed by atoms with van der Waals surface area (Å²) in [4.78, 5) is 21.3. The molecule has 6 heteroatoms. The minimum atomic E-state index is -1.12. The number of hydrogen-bond donors (Lipinski definition) is 2. The highest BCUT2D eigenvalue weighted by atomic mass is 16.5. The summed E-state index contributed by atoms with van der Waals surface area (Å²) in [5, 5.41) is 8.85. The van der Waals surface area contributed by atoms with E-state index in [4.69, 9.17) is 9.84 Å². The summed E-state index contributed by atoms with van der Waals surface area (Å²) < 4.78 is 5.70. The maximum Gasteiger partial charge on any atom is 0.371 e. The molecule has 2 aromatic rings. The number of carboxylic acids is 1. The van der Waals surface area contributed by atoms with Crippen molar-refractivity contribution < 1.29 is 14.6 Å². The molecule has 2 aromatic heterocycles. The zero-order chi connectivity index (χ0) is 12.6. The molecule has 17 heavy (non-hydrogen) atoms. The Bertz CT molecular complexity index is 569. The third-order valence-electron chi connectivity index (χ3n) is 1.97. The molecule has 90 valence electrons. The van der Waals surface area contributed by atoms with Gasteiger partial charge in [0, 0.05) is 12.3 Å². The van der Waals surface area contributed by atoms with E-state index in [2.05, 4.69) is 15.0 Å². The van der Waals surface area contributed by atoms with Gasteiger partial charge in [-0.2, -0.15) is 0 Å². The maximum atomic E-state index is 10.8. The number of aromatic nitrogens is 3. The Hall–Kier alpha value is -2.11. The van der Waals surface area contributed by atoms with Crippen LogP contribution in [0.1, 0.15) is 31.4 Å². The number of rotatable bonds is 2. The molecule has 0 aliphatic heterocycles. The lowest BCUT2D eigenvalue weighted by atomic mass is 10.2. The van der Waals surface area contributed by atoms with Crippen molar-refractivity contribution in [1.29, 1.82) is 0 Å². The number of ether oxygens (including phenoxy) is 1. The number of H-pyrrole nitrogens is 1. The number of nitrogens with zero attached hydrogens (tertiary/aromatic N) is 2. The lowest BCUT2D eigenvalue weighted by Crippen LogP contribution is -2.23. The first-order valence-electron chi connectivity index (χ1n) is 5.14. The number of pyridine rings is 1. The summed E-state index contributed by atoms with van der Waals surface area (Å²) in [5.41, 5.74) is 0.465. The first-order valence-corrected chi connectivity index (χ1v) is 5.14. The largest absolute Gasteiger partial charge is 0.486 e.